The van der Waals surface area contributed by atoms with Crippen molar-refractivity contribution in [1.82, 2.24) is 0 Å². The summed E-state index contributed by atoms with van der Waals surface area (Å²) in [5.74, 6) is 0.841. The molecule has 0 heterocycles. The molecule has 222 valence electrons. The van der Waals surface area contributed by atoms with Crippen LogP contribution in [0.5, 0.6) is 0 Å². The quantitative estimate of drug-likeness (QED) is 0.0916. The molecule has 0 aliphatic carbocycles. The fraction of sp³-hybridized carbons (Fsp3) is 0.571. The Kier molecular flexibility index (Phi) is 12.8. The lowest BCUT2D eigenvalue weighted by molar-refractivity contribution is -0.108. The maximum Gasteiger partial charge on any atom is 0.261 e. The van der Waals surface area contributed by atoms with E-state index < -0.39 is 16.6 Å². The van der Waals surface area contributed by atoms with Gasteiger partial charge in [0.05, 0.1) is 6.61 Å². The molecule has 0 N–H and O–H groups in total. The van der Waals surface area contributed by atoms with Gasteiger partial charge >= 0.3 is 0 Å². The Bertz CT molecular complexity index is 1010. The summed E-state index contributed by atoms with van der Waals surface area (Å²) in [6.07, 6.45) is 6.91. The van der Waals surface area contributed by atoms with Gasteiger partial charge in [-0.3, -0.25) is 0 Å². The van der Waals surface area contributed by atoms with Gasteiger partial charge in [-0.2, -0.15) is 0 Å². The lowest BCUT2D eigenvalue weighted by Gasteiger charge is -2.43. The topological polar surface area (TPSA) is 35.5 Å². The van der Waals surface area contributed by atoms with E-state index in [2.05, 4.69) is 135 Å². The third kappa shape index (κ3) is 8.85. The number of carbonyl (C=O) groups is 1. The lowest BCUT2D eigenvalue weighted by atomic mass is 9.81. The van der Waals surface area contributed by atoms with Gasteiger partial charge in [0.15, 0.2) is 8.32 Å². The van der Waals surface area contributed by atoms with E-state index in [0.717, 1.165) is 32.2 Å². The number of rotatable bonds is 15. The number of aldehydes is 1. The van der Waals surface area contributed by atoms with Crippen LogP contribution in [-0.4, -0.2) is 36.1 Å². The average Bonchev–Trinajstić information content (AvgIpc) is 2.89. The summed E-state index contributed by atoms with van der Waals surface area (Å²) < 4.78 is 13.6. The van der Waals surface area contributed by atoms with Crippen molar-refractivity contribution in [2.45, 2.75) is 104 Å². The minimum Gasteiger partial charge on any atom is -0.413 e. The molecule has 0 saturated heterocycles. The van der Waals surface area contributed by atoms with Crippen LogP contribution in [0.25, 0.3) is 0 Å². The van der Waals surface area contributed by atoms with Crippen molar-refractivity contribution in [2.75, 3.05) is 13.2 Å². The van der Waals surface area contributed by atoms with Crippen molar-refractivity contribution >= 4 is 33.3 Å². The predicted molar refractivity (Wildman–Crippen MR) is 178 cm³/mol. The van der Waals surface area contributed by atoms with Crippen LogP contribution in [0, 0.1) is 11.8 Å². The number of hydrogen-bond acceptors (Lipinski definition) is 3. The molecule has 2 aromatic carbocycles. The maximum atomic E-state index is 11.2. The summed E-state index contributed by atoms with van der Waals surface area (Å²) in [6.45, 7) is 24.4. The van der Waals surface area contributed by atoms with Crippen LogP contribution < -0.4 is 10.4 Å². The number of hydrogen-bond donors (Lipinski definition) is 0. The van der Waals surface area contributed by atoms with Gasteiger partial charge in [-0.15, -0.1) is 0 Å². The second-order valence-electron chi connectivity index (χ2n) is 14.0. The molecule has 0 bridgehead atoms. The highest BCUT2D eigenvalue weighted by atomic mass is 28.4. The standard InChI is InChI=1S/C35H56O3Si2/c1-29(19-17-26-36)33(30(2)25-28-37-39(9,10)34(3,4)5)24-18-27-38-40(35(6,7)8,31-20-13-11-14-21-31)32-22-15-12-16-23-32/h11-16,20-23,25-26,29,33H,17-19,24,27-28H2,1-10H3/b30-25-/t29-,33+/m1/s1. The lowest BCUT2D eigenvalue weighted by Crippen LogP contribution is -2.66. The molecule has 0 aromatic heterocycles. The highest BCUT2D eigenvalue weighted by Gasteiger charge is 2.50. The fourth-order valence-corrected chi connectivity index (χ4v) is 11.1. The van der Waals surface area contributed by atoms with Gasteiger partial charge in [-0.25, -0.2) is 0 Å². The maximum absolute atomic E-state index is 11.2. The van der Waals surface area contributed by atoms with Crippen LogP contribution in [0.3, 0.4) is 0 Å². The zero-order chi connectivity index (χ0) is 30.0. The molecule has 5 heteroatoms. The van der Waals surface area contributed by atoms with Crippen LogP contribution in [0.1, 0.15) is 81.1 Å². The van der Waals surface area contributed by atoms with Crippen LogP contribution in [-0.2, 0) is 13.6 Å². The first-order valence-electron chi connectivity index (χ1n) is 15.2. The van der Waals surface area contributed by atoms with E-state index >= 15 is 0 Å². The Morgan fingerprint density at radius 3 is 1.80 bits per heavy atom. The highest BCUT2D eigenvalue weighted by Crippen LogP contribution is 2.38. The Balaban J connectivity index is 2.25. The van der Waals surface area contributed by atoms with E-state index in [4.69, 9.17) is 8.85 Å². The van der Waals surface area contributed by atoms with Gasteiger partial charge in [-0.1, -0.05) is 121 Å². The fourth-order valence-electron chi connectivity index (χ4n) is 5.53. The Morgan fingerprint density at radius 1 is 0.825 bits per heavy atom. The third-order valence-corrected chi connectivity index (χ3v) is 18.6. The summed E-state index contributed by atoms with van der Waals surface area (Å²) in [5, 5.41) is 2.82. The highest BCUT2D eigenvalue weighted by molar-refractivity contribution is 6.99. The molecule has 0 unspecified atom stereocenters. The van der Waals surface area contributed by atoms with Gasteiger partial charge in [0, 0.05) is 13.0 Å². The molecule has 0 fully saturated rings. The molecule has 0 amide bonds. The monoisotopic (exact) mass is 580 g/mol. The van der Waals surface area contributed by atoms with Gasteiger partial charge < -0.3 is 13.6 Å². The smallest absolute Gasteiger partial charge is 0.261 e. The van der Waals surface area contributed by atoms with E-state index in [1.807, 2.05) is 0 Å². The molecule has 0 aliphatic rings. The Morgan fingerprint density at radius 2 is 1.35 bits per heavy atom. The van der Waals surface area contributed by atoms with E-state index in [1.165, 1.54) is 15.9 Å². The first kappa shape index (κ1) is 34.4. The first-order valence-corrected chi connectivity index (χ1v) is 20.0. The van der Waals surface area contributed by atoms with Crippen molar-refractivity contribution in [3.8, 4) is 0 Å². The third-order valence-electron chi connectivity index (χ3n) is 9.06. The zero-order valence-electron chi connectivity index (χ0n) is 27.1. The predicted octanol–water partition coefficient (Wildman–Crippen LogP) is 8.54. The molecular weight excluding hydrogens is 525 g/mol. The first-order chi connectivity index (χ1) is 18.7. The van der Waals surface area contributed by atoms with Crippen molar-refractivity contribution in [2.24, 2.45) is 11.8 Å². The second kappa shape index (κ2) is 14.9. The van der Waals surface area contributed by atoms with Crippen molar-refractivity contribution in [3.63, 3.8) is 0 Å². The molecule has 0 saturated carbocycles. The molecule has 0 aliphatic heterocycles. The number of allylic oxidation sites excluding steroid dienone is 1. The largest absolute Gasteiger partial charge is 0.413 e. The summed E-state index contributed by atoms with van der Waals surface area (Å²) in [7, 11) is -4.33. The van der Waals surface area contributed by atoms with Gasteiger partial charge in [0.2, 0.25) is 0 Å². The summed E-state index contributed by atoms with van der Waals surface area (Å²) in [4.78, 5) is 11.2. The van der Waals surface area contributed by atoms with Gasteiger partial charge in [0.1, 0.15) is 6.29 Å². The Hall–Kier alpha value is -1.80. The second-order valence-corrected chi connectivity index (χ2v) is 23.1. The van der Waals surface area contributed by atoms with Gasteiger partial charge in [0.25, 0.3) is 8.32 Å². The SMILES string of the molecule is C/C(=C/CO[Si](C)(C)C(C)(C)C)[C@@H](CCCO[Si](c1ccccc1)(c1ccccc1)C(C)(C)C)[C@H](C)CCC=O. The van der Waals surface area contributed by atoms with Crippen molar-refractivity contribution < 1.29 is 13.6 Å². The average molecular weight is 581 g/mol. The van der Waals surface area contributed by atoms with Crippen LogP contribution in [0.15, 0.2) is 72.3 Å². The molecule has 40 heavy (non-hydrogen) atoms. The van der Waals surface area contributed by atoms with E-state index in [1.54, 1.807) is 0 Å². The minimum absolute atomic E-state index is 0.0245. The Labute approximate surface area is 248 Å². The number of benzene rings is 2. The van der Waals surface area contributed by atoms with Gasteiger partial charge in [-0.05, 0) is 71.6 Å². The molecule has 2 atom stereocenters. The van der Waals surface area contributed by atoms with Crippen molar-refractivity contribution in [1.29, 1.82) is 0 Å². The summed E-state index contributed by atoms with van der Waals surface area (Å²) >= 11 is 0. The van der Waals surface area contributed by atoms with Crippen LogP contribution >= 0.6 is 0 Å². The molecule has 3 nitrogen and oxygen atoms in total. The normalized spacial score (nSPS) is 15.1. The van der Waals surface area contributed by atoms with E-state index in [0.29, 0.717) is 24.9 Å². The van der Waals surface area contributed by atoms with Crippen LogP contribution in [0.2, 0.25) is 23.2 Å². The van der Waals surface area contributed by atoms with E-state index in [-0.39, 0.29) is 10.1 Å². The summed E-state index contributed by atoms with van der Waals surface area (Å²) in [5.41, 5.74) is 1.38. The van der Waals surface area contributed by atoms with E-state index in [9.17, 15) is 4.79 Å². The molecular formula is C35H56O3Si2. The zero-order valence-corrected chi connectivity index (χ0v) is 29.1. The molecule has 2 aromatic rings. The molecule has 0 spiro atoms. The number of carbonyl (C=O) groups excluding carboxylic acids is 1. The summed E-state index contributed by atoms with van der Waals surface area (Å²) in [6, 6.07) is 21.7. The molecule has 2 rings (SSSR count). The minimum atomic E-state index is -2.53. The van der Waals surface area contributed by atoms with Crippen molar-refractivity contribution in [3.05, 3.63) is 72.3 Å². The molecule has 0 radical (unpaired) electrons. The van der Waals surface area contributed by atoms with Crippen LogP contribution in [0.4, 0.5) is 0 Å².